The van der Waals surface area contributed by atoms with Crippen molar-refractivity contribution in [3.63, 3.8) is 0 Å². The number of primary amides is 1. The van der Waals surface area contributed by atoms with Gasteiger partial charge in [-0.3, -0.25) is 34.2 Å². The molecule has 61 heavy (non-hydrogen) atoms. The summed E-state index contributed by atoms with van der Waals surface area (Å²) < 4.78 is 0. The van der Waals surface area contributed by atoms with Crippen molar-refractivity contribution in [1.29, 1.82) is 0 Å². The molecule has 7 aliphatic rings. The molecule has 4 N–H and O–H groups in total. The van der Waals surface area contributed by atoms with E-state index in [1.165, 1.54) is 5.56 Å². The number of urea groups is 1. The number of hydrogen-bond donors (Lipinski definition) is 3. The van der Waals surface area contributed by atoms with E-state index < -0.39 is 35.6 Å². The van der Waals surface area contributed by atoms with Gasteiger partial charge in [0.25, 0.3) is 17.7 Å². The number of benzene rings is 2. The highest BCUT2D eigenvalue weighted by Crippen LogP contribution is 2.43. The van der Waals surface area contributed by atoms with Gasteiger partial charge >= 0.3 is 6.03 Å². The molecule has 1 aromatic heterocycles. The highest BCUT2D eigenvalue weighted by molar-refractivity contribution is 6.23. The second-order valence-electron chi connectivity index (χ2n) is 17.8. The van der Waals surface area contributed by atoms with Gasteiger partial charge in [0.1, 0.15) is 6.04 Å². The first-order chi connectivity index (χ1) is 29.5. The molecule has 1 aliphatic carbocycles. The molecular weight excluding hydrogens is 781 g/mol. The van der Waals surface area contributed by atoms with Crippen LogP contribution in [-0.2, 0) is 9.59 Å². The number of piperidine rings is 3. The Morgan fingerprint density at radius 1 is 0.836 bits per heavy atom. The normalized spacial score (nSPS) is 26.9. The minimum atomic E-state index is -0.979. The molecule has 318 valence electrons. The number of fused-ring (bicyclic) bond motifs is 3. The molecule has 18 nitrogen and oxygen atoms in total. The van der Waals surface area contributed by atoms with Gasteiger partial charge in [-0.25, -0.2) is 4.79 Å². The van der Waals surface area contributed by atoms with E-state index in [-0.39, 0.29) is 42.5 Å². The van der Waals surface area contributed by atoms with Crippen LogP contribution in [0.3, 0.4) is 0 Å². The highest BCUT2D eigenvalue weighted by Gasteiger charge is 2.51. The van der Waals surface area contributed by atoms with Crippen molar-refractivity contribution >= 4 is 58.7 Å². The zero-order chi connectivity index (χ0) is 42.1. The molecule has 1 saturated carbocycles. The van der Waals surface area contributed by atoms with Crippen LogP contribution in [0, 0.1) is 11.8 Å². The Hall–Kier alpha value is -6.17. The van der Waals surface area contributed by atoms with Crippen LogP contribution < -0.4 is 26.2 Å². The lowest BCUT2D eigenvalue weighted by Gasteiger charge is -2.37. The molecule has 0 spiro atoms. The summed E-state index contributed by atoms with van der Waals surface area (Å²) in [4.78, 5) is 92.4. The SMILES string of the molecule is CN1CCN(C2CC3CC2N(c2nnc(C(N)=O)c(Nc4ccc(C5CCN(CC6CCN(c7ccc8c(c7)C(=O)N(C7CCC(=O)NC7=O)C8=O)C6)CC5)cc4)n2)C3)C1=O. The topological polar surface area (TPSA) is 211 Å². The zero-order valence-corrected chi connectivity index (χ0v) is 34.2. The molecule has 5 unspecified atom stereocenters. The molecule has 3 aromatic rings. The van der Waals surface area contributed by atoms with Crippen LogP contribution >= 0.6 is 0 Å². The fourth-order valence-corrected chi connectivity index (χ4v) is 10.9. The molecule has 7 heterocycles. The van der Waals surface area contributed by atoms with Crippen molar-refractivity contribution < 1.29 is 28.8 Å². The maximum atomic E-state index is 13.4. The summed E-state index contributed by atoms with van der Waals surface area (Å²) in [6.07, 6.45) is 5.25. The molecule has 18 heteroatoms. The maximum Gasteiger partial charge on any atom is 0.320 e. The van der Waals surface area contributed by atoms with Gasteiger partial charge in [-0.2, -0.15) is 4.98 Å². The Kier molecular flexibility index (Phi) is 9.83. The van der Waals surface area contributed by atoms with Crippen molar-refractivity contribution in [1.82, 2.24) is 40.1 Å². The second kappa shape index (κ2) is 15.4. The first-order valence-electron chi connectivity index (χ1n) is 21.5. The Labute approximate surface area is 352 Å². The summed E-state index contributed by atoms with van der Waals surface area (Å²) in [6, 6.07) is 12.9. The van der Waals surface area contributed by atoms with Crippen molar-refractivity contribution in [2.24, 2.45) is 17.6 Å². The van der Waals surface area contributed by atoms with E-state index in [0.717, 1.165) is 94.2 Å². The van der Waals surface area contributed by atoms with Crippen LogP contribution in [0.1, 0.15) is 87.6 Å². The predicted molar refractivity (Wildman–Crippen MR) is 222 cm³/mol. The van der Waals surface area contributed by atoms with Gasteiger partial charge in [0.15, 0.2) is 11.5 Å². The number of hydrogen-bond acceptors (Lipinski definition) is 13. The lowest BCUT2D eigenvalue weighted by Crippen LogP contribution is -2.54. The number of carbonyl (C=O) groups is 6. The number of nitrogens with zero attached hydrogens (tertiary/aromatic N) is 9. The van der Waals surface area contributed by atoms with Gasteiger partial charge in [0.05, 0.1) is 23.2 Å². The van der Waals surface area contributed by atoms with Gasteiger partial charge in [-0.05, 0) is 105 Å². The number of carbonyl (C=O) groups excluding carboxylic acids is 6. The molecule has 0 radical (unpaired) electrons. The first-order valence-corrected chi connectivity index (χ1v) is 21.5. The Balaban J connectivity index is 0.728. The molecule has 6 aliphatic heterocycles. The number of nitrogens with one attached hydrogen (secondary N) is 2. The van der Waals surface area contributed by atoms with Crippen molar-refractivity contribution in [3.05, 3.63) is 64.8 Å². The Morgan fingerprint density at radius 2 is 1.59 bits per heavy atom. The van der Waals surface area contributed by atoms with Gasteiger partial charge < -0.3 is 35.6 Å². The summed E-state index contributed by atoms with van der Waals surface area (Å²) in [6.45, 7) is 6.89. The summed E-state index contributed by atoms with van der Waals surface area (Å²) in [5.41, 5.74) is 9.20. The van der Waals surface area contributed by atoms with E-state index in [9.17, 15) is 28.8 Å². The summed E-state index contributed by atoms with van der Waals surface area (Å²) in [5, 5.41) is 14.1. The van der Waals surface area contributed by atoms with E-state index in [4.69, 9.17) is 10.7 Å². The number of likely N-dealkylation sites (tertiary alicyclic amines) is 1. The lowest BCUT2D eigenvalue weighted by molar-refractivity contribution is -0.136. The average Bonchev–Trinajstić information content (AvgIpc) is 4.10. The molecule has 7 amide bonds. The molecule has 2 aromatic carbocycles. The number of nitrogens with two attached hydrogens (primary N) is 1. The van der Waals surface area contributed by atoms with Crippen LogP contribution in [-0.4, -0.2) is 148 Å². The lowest BCUT2D eigenvalue weighted by atomic mass is 9.89. The van der Waals surface area contributed by atoms with Crippen LogP contribution in [0.5, 0.6) is 0 Å². The van der Waals surface area contributed by atoms with Gasteiger partial charge in [0, 0.05) is 64.1 Å². The standard InChI is InChI=1S/C43H50N12O6/c1-50-16-17-53(43(50)61)33-18-25-19-34(33)54(23-25)42-47-38(36(37(44)57)48-49-42)45-28-4-2-26(3-5-28)27-11-13-51(14-12-27)21-24-10-15-52(22-24)29-6-7-30-31(20-29)41(60)55(40(30)59)32-8-9-35(56)46-39(32)58/h2-7,20,24-25,27,32-34H,8-19,21-23H2,1H3,(H2,44,57)(H,45,47,49)(H,46,56,58). The third-order valence-corrected chi connectivity index (χ3v) is 14.1. The van der Waals surface area contributed by atoms with E-state index in [1.807, 2.05) is 30.1 Å². The van der Waals surface area contributed by atoms with E-state index >= 15 is 0 Å². The predicted octanol–water partition coefficient (Wildman–Crippen LogP) is 2.16. The Morgan fingerprint density at radius 3 is 2.30 bits per heavy atom. The maximum absolute atomic E-state index is 13.4. The molecular formula is C43H50N12O6. The largest absolute Gasteiger partial charge is 0.371 e. The molecule has 5 atom stereocenters. The highest BCUT2D eigenvalue weighted by atomic mass is 16.2. The van der Waals surface area contributed by atoms with Gasteiger partial charge in [-0.1, -0.05) is 12.1 Å². The summed E-state index contributed by atoms with van der Waals surface area (Å²) in [5.74, 6) is -0.687. The number of aromatic nitrogens is 3. The third kappa shape index (κ3) is 7.09. The monoisotopic (exact) mass is 830 g/mol. The van der Waals surface area contributed by atoms with Crippen LogP contribution in [0.2, 0.25) is 0 Å². The zero-order valence-electron chi connectivity index (χ0n) is 34.2. The molecule has 5 saturated heterocycles. The van der Waals surface area contributed by atoms with Crippen molar-refractivity contribution in [3.8, 4) is 0 Å². The number of likely N-dealkylation sites (N-methyl/N-ethyl adjacent to an activating group) is 1. The van der Waals surface area contributed by atoms with Gasteiger partial charge in [-0.15, -0.1) is 10.2 Å². The molecule has 2 bridgehead atoms. The van der Waals surface area contributed by atoms with Gasteiger partial charge in [0.2, 0.25) is 17.8 Å². The first kappa shape index (κ1) is 39.0. The Bertz CT molecular complexity index is 2320. The van der Waals surface area contributed by atoms with Crippen LogP contribution in [0.25, 0.3) is 0 Å². The minimum Gasteiger partial charge on any atom is -0.371 e. The number of rotatable bonds is 10. The van der Waals surface area contributed by atoms with E-state index in [2.05, 4.69) is 47.7 Å². The number of anilines is 4. The fraction of sp³-hybridized carbons (Fsp3) is 0.512. The third-order valence-electron chi connectivity index (χ3n) is 14.1. The fourth-order valence-electron chi connectivity index (χ4n) is 10.9. The van der Waals surface area contributed by atoms with Crippen molar-refractivity contribution in [2.45, 2.75) is 69.0 Å². The summed E-state index contributed by atoms with van der Waals surface area (Å²) in [7, 11) is 1.84. The second-order valence-corrected chi connectivity index (χ2v) is 17.8. The van der Waals surface area contributed by atoms with Crippen LogP contribution in [0.15, 0.2) is 42.5 Å². The van der Waals surface area contributed by atoms with Crippen LogP contribution in [0.4, 0.5) is 27.9 Å². The average molecular weight is 831 g/mol. The number of imide groups is 2. The smallest absolute Gasteiger partial charge is 0.320 e. The molecule has 6 fully saturated rings. The van der Waals surface area contributed by atoms with E-state index in [1.54, 1.807) is 17.0 Å². The van der Waals surface area contributed by atoms with E-state index in [0.29, 0.717) is 41.4 Å². The number of amides is 7. The summed E-state index contributed by atoms with van der Waals surface area (Å²) >= 11 is 0. The minimum absolute atomic E-state index is 0.0277. The quantitative estimate of drug-likeness (QED) is 0.251. The molecule has 10 rings (SSSR count). The van der Waals surface area contributed by atoms with Crippen molar-refractivity contribution in [2.75, 3.05) is 74.5 Å².